The number of amides is 1. The van der Waals surface area contributed by atoms with Gasteiger partial charge >= 0.3 is 12.1 Å². The molecule has 0 bridgehead atoms. The van der Waals surface area contributed by atoms with Crippen molar-refractivity contribution in [3.63, 3.8) is 0 Å². The maximum Gasteiger partial charge on any atom is 0.415 e. The largest absolute Gasteiger partial charge is 0.497 e. The van der Waals surface area contributed by atoms with E-state index in [0.717, 1.165) is 5.56 Å². The molecule has 6 heteroatoms. The van der Waals surface area contributed by atoms with Crippen molar-refractivity contribution in [3.8, 4) is 5.75 Å². The van der Waals surface area contributed by atoms with E-state index >= 15 is 0 Å². The number of benzene rings is 2. The van der Waals surface area contributed by atoms with Crippen LogP contribution in [-0.4, -0.2) is 24.8 Å². The molecule has 0 saturated heterocycles. The van der Waals surface area contributed by atoms with Crippen LogP contribution in [0.1, 0.15) is 58.7 Å². The van der Waals surface area contributed by atoms with Crippen LogP contribution in [0.5, 0.6) is 5.75 Å². The Morgan fingerprint density at radius 3 is 2.09 bits per heavy atom. The lowest BCUT2D eigenvalue weighted by Gasteiger charge is -2.37. The zero-order valence-electron chi connectivity index (χ0n) is 19.8. The first-order valence-corrected chi connectivity index (χ1v) is 10.6. The standard InChI is InChI=1S/C26H31NO5/c1-25(2,3)23(28)31-22-16-21(17-12-14-18(30-7)15-13-17)27(24(29)32-26(4,5)6)20-11-9-8-10-19(20)22/h8-16,21H,1-7H3. The molecule has 0 spiro atoms. The number of rotatable bonds is 3. The molecule has 0 radical (unpaired) electrons. The van der Waals surface area contributed by atoms with Gasteiger partial charge in [0.25, 0.3) is 0 Å². The van der Waals surface area contributed by atoms with Gasteiger partial charge in [-0.25, -0.2) is 4.79 Å². The van der Waals surface area contributed by atoms with Crippen LogP contribution < -0.4 is 9.64 Å². The Labute approximate surface area is 189 Å². The molecule has 3 rings (SSSR count). The zero-order valence-corrected chi connectivity index (χ0v) is 19.8. The topological polar surface area (TPSA) is 65.1 Å². The lowest BCUT2D eigenvalue weighted by atomic mass is 9.95. The number of fused-ring (bicyclic) bond motifs is 1. The third-order valence-electron chi connectivity index (χ3n) is 4.88. The second-order valence-electron chi connectivity index (χ2n) is 9.76. The van der Waals surface area contributed by atoms with Crippen LogP contribution >= 0.6 is 0 Å². The van der Waals surface area contributed by atoms with Gasteiger partial charge in [0.05, 0.1) is 24.3 Å². The van der Waals surface area contributed by atoms with E-state index < -0.39 is 23.2 Å². The van der Waals surface area contributed by atoms with E-state index in [4.69, 9.17) is 14.2 Å². The Bertz CT molecular complexity index is 1030. The minimum Gasteiger partial charge on any atom is -0.497 e. The number of hydrogen-bond donors (Lipinski definition) is 0. The fourth-order valence-corrected chi connectivity index (χ4v) is 3.26. The summed E-state index contributed by atoms with van der Waals surface area (Å²) in [5, 5.41) is 0. The normalized spacial score (nSPS) is 16.0. The first-order chi connectivity index (χ1) is 14.9. The molecule has 6 nitrogen and oxygen atoms in total. The molecule has 1 amide bonds. The number of anilines is 1. The highest BCUT2D eigenvalue weighted by Gasteiger charge is 2.37. The number of hydrogen-bond acceptors (Lipinski definition) is 5. The Hall–Kier alpha value is -3.28. The molecule has 2 aromatic carbocycles. The SMILES string of the molecule is COc1ccc(C2C=C(OC(=O)C(C)(C)C)c3ccccc3N2C(=O)OC(C)(C)C)cc1. The van der Waals surface area contributed by atoms with Gasteiger partial charge in [-0.1, -0.05) is 24.3 Å². The Morgan fingerprint density at radius 2 is 1.53 bits per heavy atom. The number of carbonyl (C=O) groups excluding carboxylic acids is 2. The molecule has 0 N–H and O–H groups in total. The Kier molecular flexibility index (Phi) is 6.35. The Morgan fingerprint density at radius 1 is 0.906 bits per heavy atom. The number of para-hydroxylation sites is 1. The van der Waals surface area contributed by atoms with Gasteiger partial charge in [0.1, 0.15) is 17.1 Å². The fourth-order valence-electron chi connectivity index (χ4n) is 3.26. The van der Waals surface area contributed by atoms with Crippen molar-refractivity contribution in [2.75, 3.05) is 12.0 Å². The molecule has 1 atom stereocenters. The molecule has 1 unspecified atom stereocenters. The average Bonchev–Trinajstić information content (AvgIpc) is 2.71. The van der Waals surface area contributed by atoms with Gasteiger partial charge in [-0.3, -0.25) is 9.69 Å². The molecule has 0 aromatic heterocycles. The summed E-state index contributed by atoms with van der Waals surface area (Å²) in [6.07, 6.45) is 1.31. The highest BCUT2D eigenvalue weighted by atomic mass is 16.6. The summed E-state index contributed by atoms with van der Waals surface area (Å²) < 4.78 is 16.8. The molecule has 0 saturated carbocycles. The summed E-state index contributed by atoms with van der Waals surface area (Å²) in [6, 6.07) is 14.2. The maximum atomic E-state index is 13.3. The van der Waals surface area contributed by atoms with Crippen molar-refractivity contribution >= 4 is 23.5 Å². The molecular weight excluding hydrogens is 406 g/mol. The molecule has 1 aliphatic heterocycles. The third kappa shape index (κ3) is 5.13. The number of ether oxygens (including phenoxy) is 3. The van der Waals surface area contributed by atoms with Crippen LogP contribution in [0.2, 0.25) is 0 Å². The van der Waals surface area contributed by atoms with Crippen LogP contribution in [-0.2, 0) is 14.3 Å². The van der Waals surface area contributed by atoms with E-state index in [9.17, 15) is 9.59 Å². The summed E-state index contributed by atoms with van der Waals surface area (Å²) in [5.41, 5.74) is 0.755. The number of esters is 1. The highest BCUT2D eigenvalue weighted by molar-refractivity contribution is 5.97. The van der Waals surface area contributed by atoms with E-state index in [1.807, 2.05) is 69.3 Å². The van der Waals surface area contributed by atoms with Crippen LogP contribution in [0.15, 0.2) is 54.6 Å². The predicted molar refractivity (Wildman–Crippen MR) is 124 cm³/mol. The van der Waals surface area contributed by atoms with Crippen molar-refractivity contribution in [1.82, 2.24) is 0 Å². The van der Waals surface area contributed by atoms with Gasteiger partial charge in [-0.05, 0) is 77.4 Å². The molecule has 0 fully saturated rings. The van der Waals surface area contributed by atoms with Crippen LogP contribution in [0.4, 0.5) is 10.5 Å². The van der Waals surface area contributed by atoms with E-state index in [1.165, 1.54) is 0 Å². The monoisotopic (exact) mass is 437 g/mol. The Balaban J connectivity index is 2.14. The van der Waals surface area contributed by atoms with Crippen molar-refractivity contribution in [2.24, 2.45) is 5.41 Å². The van der Waals surface area contributed by atoms with Gasteiger partial charge < -0.3 is 14.2 Å². The molecule has 1 aliphatic rings. The van der Waals surface area contributed by atoms with Crippen LogP contribution in [0.3, 0.4) is 0 Å². The van der Waals surface area contributed by atoms with Gasteiger partial charge in [-0.2, -0.15) is 0 Å². The molecule has 0 aliphatic carbocycles. The van der Waals surface area contributed by atoms with Crippen molar-refractivity contribution in [2.45, 2.75) is 53.2 Å². The van der Waals surface area contributed by atoms with E-state index in [1.54, 1.807) is 38.9 Å². The van der Waals surface area contributed by atoms with Gasteiger partial charge in [0.2, 0.25) is 0 Å². The lowest BCUT2D eigenvalue weighted by molar-refractivity contribution is -0.145. The minimum atomic E-state index is -0.673. The summed E-state index contributed by atoms with van der Waals surface area (Å²) in [5.74, 6) is 0.774. The van der Waals surface area contributed by atoms with Gasteiger partial charge in [0.15, 0.2) is 0 Å². The van der Waals surface area contributed by atoms with Crippen molar-refractivity contribution in [3.05, 3.63) is 65.7 Å². The van der Waals surface area contributed by atoms with Crippen molar-refractivity contribution < 1.29 is 23.8 Å². The smallest absolute Gasteiger partial charge is 0.415 e. The van der Waals surface area contributed by atoms with Gasteiger partial charge in [-0.15, -0.1) is 0 Å². The van der Waals surface area contributed by atoms with Crippen LogP contribution in [0, 0.1) is 5.41 Å². The molecular formula is C26H31NO5. The van der Waals surface area contributed by atoms with Crippen molar-refractivity contribution in [1.29, 1.82) is 0 Å². The summed E-state index contributed by atoms with van der Waals surface area (Å²) in [6.45, 7) is 10.9. The second kappa shape index (κ2) is 8.69. The first-order valence-electron chi connectivity index (χ1n) is 10.6. The van der Waals surface area contributed by atoms with E-state index in [-0.39, 0.29) is 5.97 Å². The quantitative estimate of drug-likeness (QED) is 0.541. The summed E-state index contributed by atoms with van der Waals surface area (Å²) in [4.78, 5) is 27.6. The highest BCUT2D eigenvalue weighted by Crippen LogP contribution is 2.42. The molecule has 32 heavy (non-hydrogen) atoms. The van der Waals surface area contributed by atoms with Gasteiger partial charge in [0, 0.05) is 5.56 Å². The zero-order chi connectivity index (χ0) is 23.7. The minimum absolute atomic E-state index is 0.349. The molecule has 170 valence electrons. The number of methoxy groups -OCH3 is 1. The lowest BCUT2D eigenvalue weighted by Crippen LogP contribution is -2.41. The number of nitrogens with zero attached hydrogens (tertiary/aromatic N) is 1. The van der Waals surface area contributed by atoms with E-state index in [2.05, 4.69) is 0 Å². The van der Waals surface area contributed by atoms with Crippen LogP contribution in [0.25, 0.3) is 5.76 Å². The fraction of sp³-hybridized carbons (Fsp3) is 0.385. The summed E-state index contributed by atoms with van der Waals surface area (Å²) >= 11 is 0. The summed E-state index contributed by atoms with van der Waals surface area (Å²) in [7, 11) is 1.60. The maximum absolute atomic E-state index is 13.3. The first kappa shape index (κ1) is 23.4. The average molecular weight is 438 g/mol. The molecule has 1 heterocycles. The molecule has 2 aromatic rings. The van der Waals surface area contributed by atoms with E-state index in [0.29, 0.717) is 22.8 Å². The third-order valence-corrected chi connectivity index (χ3v) is 4.88. The second-order valence-corrected chi connectivity index (χ2v) is 9.76. The predicted octanol–water partition coefficient (Wildman–Crippen LogP) is 6.12. The number of carbonyl (C=O) groups is 2.